The van der Waals surface area contributed by atoms with E-state index in [0.29, 0.717) is 42.8 Å². The maximum atomic E-state index is 12.6. The quantitative estimate of drug-likeness (QED) is 0.790. The van der Waals surface area contributed by atoms with Crippen molar-refractivity contribution < 1.29 is 22.7 Å². The molecule has 2 aromatic carbocycles. The fraction of sp³-hybridized carbons (Fsp3) is 0.278. The van der Waals surface area contributed by atoms with Gasteiger partial charge in [0.15, 0.2) is 6.61 Å². The average molecular weight is 411 g/mol. The van der Waals surface area contributed by atoms with Crippen LogP contribution in [0.15, 0.2) is 53.4 Å². The molecular weight excluding hydrogens is 392 g/mol. The Morgan fingerprint density at radius 2 is 1.70 bits per heavy atom. The third kappa shape index (κ3) is 5.20. The highest BCUT2D eigenvalue weighted by atomic mass is 35.5. The van der Waals surface area contributed by atoms with Crippen LogP contribution in [0, 0.1) is 0 Å². The van der Waals surface area contributed by atoms with Crippen LogP contribution in [0.4, 0.5) is 5.69 Å². The number of anilines is 1. The summed E-state index contributed by atoms with van der Waals surface area (Å²) in [6.07, 6.45) is 0. The second kappa shape index (κ2) is 8.71. The van der Waals surface area contributed by atoms with E-state index in [2.05, 4.69) is 5.32 Å². The van der Waals surface area contributed by atoms with Gasteiger partial charge in [-0.05, 0) is 48.5 Å². The minimum Gasteiger partial charge on any atom is -0.484 e. The highest BCUT2D eigenvalue weighted by molar-refractivity contribution is 7.89. The summed E-state index contributed by atoms with van der Waals surface area (Å²) in [5, 5.41) is 3.25. The SMILES string of the molecule is O=C(COc1ccc(Cl)cc1)Nc1ccc(S(=O)(=O)N2CCOCC2)cc1. The van der Waals surface area contributed by atoms with Crippen molar-refractivity contribution >= 4 is 33.2 Å². The number of ether oxygens (including phenoxy) is 2. The molecule has 1 heterocycles. The molecule has 0 saturated carbocycles. The van der Waals surface area contributed by atoms with Gasteiger partial charge in [-0.3, -0.25) is 4.79 Å². The Hall–Kier alpha value is -2.13. The number of amides is 1. The van der Waals surface area contributed by atoms with Gasteiger partial charge in [-0.1, -0.05) is 11.6 Å². The predicted molar refractivity (Wildman–Crippen MR) is 102 cm³/mol. The molecule has 1 fully saturated rings. The van der Waals surface area contributed by atoms with E-state index in [4.69, 9.17) is 21.1 Å². The maximum absolute atomic E-state index is 12.6. The van der Waals surface area contributed by atoms with Gasteiger partial charge in [-0.2, -0.15) is 4.31 Å². The lowest BCUT2D eigenvalue weighted by atomic mass is 10.3. The first-order valence-electron chi connectivity index (χ1n) is 8.31. The molecule has 0 atom stereocenters. The van der Waals surface area contributed by atoms with Gasteiger partial charge in [0.25, 0.3) is 5.91 Å². The number of halogens is 1. The maximum Gasteiger partial charge on any atom is 0.262 e. The number of benzene rings is 2. The molecule has 1 saturated heterocycles. The first kappa shape index (κ1) is 19.6. The molecule has 144 valence electrons. The third-order valence-electron chi connectivity index (χ3n) is 3.93. The van der Waals surface area contributed by atoms with Gasteiger partial charge in [-0.15, -0.1) is 0 Å². The molecule has 7 nitrogen and oxygen atoms in total. The normalized spacial score (nSPS) is 15.3. The van der Waals surface area contributed by atoms with Crippen molar-refractivity contribution in [3.8, 4) is 5.75 Å². The summed E-state index contributed by atoms with van der Waals surface area (Å²) in [7, 11) is -3.55. The van der Waals surface area contributed by atoms with Gasteiger partial charge in [-0.25, -0.2) is 8.42 Å². The summed E-state index contributed by atoms with van der Waals surface area (Å²) in [6.45, 7) is 1.28. The zero-order valence-corrected chi connectivity index (χ0v) is 16.0. The van der Waals surface area contributed by atoms with E-state index >= 15 is 0 Å². The summed E-state index contributed by atoms with van der Waals surface area (Å²) >= 11 is 5.79. The van der Waals surface area contributed by atoms with E-state index in [0.717, 1.165) is 0 Å². The van der Waals surface area contributed by atoms with E-state index in [-0.39, 0.29) is 17.4 Å². The Balaban J connectivity index is 1.56. The molecule has 0 spiro atoms. The van der Waals surface area contributed by atoms with E-state index in [1.807, 2.05) is 0 Å². The van der Waals surface area contributed by atoms with Gasteiger partial charge in [0.05, 0.1) is 18.1 Å². The Morgan fingerprint density at radius 3 is 2.33 bits per heavy atom. The van der Waals surface area contributed by atoms with E-state index in [1.165, 1.54) is 16.4 Å². The molecule has 1 N–H and O–H groups in total. The number of carbonyl (C=O) groups excluding carboxylic acids is 1. The number of hydrogen-bond acceptors (Lipinski definition) is 5. The van der Waals surface area contributed by atoms with Crippen LogP contribution in [0.2, 0.25) is 5.02 Å². The molecule has 2 aromatic rings. The van der Waals surface area contributed by atoms with Crippen molar-refractivity contribution in [2.24, 2.45) is 0 Å². The Labute approximate surface area is 162 Å². The minimum atomic E-state index is -3.55. The number of hydrogen-bond donors (Lipinski definition) is 1. The number of morpholine rings is 1. The van der Waals surface area contributed by atoms with Crippen LogP contribution in [0.5, 0.6) is 5.75 Å². The van der Waals surface area contributed by atoms with Gasteiger partial charge in [0.2, 0.25) is 10.0 Å². The van der Waals surface area contributed by atoms with Gasteiger partial charge >= 0.3 is 0 Å². The van der Waals surface area contributed by atoms with Crippen molar-refractivity contribution in [2.45, 2.75) is 4.90 Å². The van der Waals surface area contributed by atoms with Crippen molar-refractivity contribution in [3.63, 3.8) is 0 Å². The Morgan fingerprint density at radius 1 is 1.07 bits per heavy atom. The van der Waals surface area contributed by atoms with Crippen molar-refractivity contribution in [1.29, 1.82) is 0 Å². The fourth-order valence-corrected chi connectivity index (χ4v) is 4.06. The summed E-state index contributed by atoms with van der Waals surface area (Å²) in [4.78, 5) is 12.2. The number of nitrogens with one attached hydrogen (secondary N) is 1. The zero-order chi connectivity index (χ0) is 19.3. The van der Waals surface area contributed by atoms with E-state index < -0.39 is 10.0 Å². The summed E-state index contributed by atoms with van der Waals surface area (Å²) in [6, 6.07) is 12.7. The average Bonchev–Trinajstić information content (AvgIpc) is 2.69. The lowest BCUT2D eigenvalue weighted by Crippen LogP contribution is -2.40. The summed E-state index contributed by atoms with van der Waals surface area (Å²) in [5.74, 6) is 0.176. The second-order valence-corrected chi connectivity index (χ2v) is 8.21. The van der Waals surface area contributed by atoms with Gasteiger partial charge in [0, 0.05) is 23.8 Å². The monoisotopic (exact) mass is 410 g/mol. The lowest BCUT2D eigenvalue weighted by molar-refractivity contribution is -0.118. The minimum absolute atomic E-state index is 0.171. The smallest absolute Gasteiger partial charge is 0.262 e. The van der Waals surface area contributed by atoms with E-state index in [9.17, 15) is 13.2 Å². The summed E-state index contributed by atoms with van der Waals surface area (Å²) in [5.41, 5.74) is 0.487. The van der Waals surface area contributed by atoms with Crippen LogP contribution in [0.1, 0.15) is 0 Å². The Kier molecular flexibility index (Phi) is 6.33. The van der Waals surface area contributed by atoms with Crippen LogP contribution in [0.25, 0.3) is 0 Å². The molecule has 1 amide bonds. The zero-order valence-electron chi connectivity index (χ0n) is 14.4. The van der Waals surface area contributed by atoms with Crippen molar-refractivity contribution in [1.82, 2.24) is 4.31 Å². The number of sulfonamides is 1. The topological polar surface area (TPSA) is 84.9 Å². The molecule has 9 heteroatoms. The van der Waals surface area contributed by atoms with Crippen LogP contribution in [-0.4, -0.2) is 51.5 Å². The largest absolute Gasteiger partial charge is 0.484 e. The molecule has 0 aliphatic carbocycles. The summed E-state index contributed by atoms with van der Waals surface area (Å²) < 4.78 is 37.1. The van der Waals surface area contributed by atoms with Crippen molar-refractivity contribution in [3.05, 3.63) is 53.6 Å². The van der Waals surface area contributed by atoms with Crippen LogP contribution in [-0.2, 0) is 19.6 Å². The Bertz CT molecular complexity index is 879. The fourth-order valence-electron chi connectivity index (χ4n) is 2.52. The number of rotatable bonds is 6. The van der Waals surface area contributed by atoms with Crippen LogP contribution < -0.4 is 10.1 Å². The molecule has 1 aliphatic rings. The van der Waals surface area contributed by atoms with Gasteiger partial charge < -0.3 is 14.8 Å². The highest BCUT2D eigenvalue weighted by Gasteiger charge is 2.26. The molecule has 27 heavy (non-hydrogen) atoms. The number of carbonyl (C=O) groups is 1. The molecule has 0 radical (unpaired) electrons. The molecule has 0 aromatic heterocycles. The van der Waals surface area contributed by atoms with Crippen LogP contribution in [0.3, 0.4) is 0 Å². The molecule has 0 bridgehead atoms. The van der Waals surface area contributed by atoms with Gasteiger partial charge in [0.1, 0.15) is 5.75 Å². The molecular formula is C18H19ClN2O5S. The van der Waals surface area contributed by atoms with Crippen LogP contribution >= 0.6 is 11.6 Å². The number of nitrogens with zero attached hydrogens (tertiary/aromatic N) is 1. The molecule has 0 unspecified atom stereocenters. The van der Waals surface area contributed by atoms with Crippen molar-refractivity contribution in [2.75, 3.05) is 38.2 Å². The highest BCUT2D eigenvalue weighted by Crippen LogP contribution is 2.20. The molecule has 1 aliphatic heterocycles. The second-order valence-electron chi connectivity index (χ2n) is 5.83. The first-order chi connectivity index (χ1) is 12.9. The third-order valence-corrected chi connectivity index (χ3v) is 6.09. The standard InChI is InChI=1S/C18H19ClN2O5S/c19-14-1-5-16(6-2-14)26-13-18(22)20-15-3-7-17(8-4-15)27(23,24)21-9-11-25-12-10-21/h1-8H,9-13H2,(H,20,22). The first-order valence-corrected chi connectivity index (χ1v) is 10.1. The van der Waals surface area contributed by atoms with E-state index in [1.54, 1.807) is 36.4 Å². The lowest BCUT2D eigenvalue weighted by Gasteiger charge is -2.26. The molecule has 3 rings (SSSR count). The predicted octanol–water partition coefficient (Wildman–Crippen LogP) is 2.38.